The molecule has 1 heteroatoms. The SMILES string of the molecule is Cc1ccc(N(C2=C(c3ccccc3)C(c3cccc(-c4ccccc4)c3)=C3C2=C(c2ccccc2)c2cc(-c4ccc5c(-c6cccc7ccccc67)cccc5c4)c(-c4ccccc4)cc23)c2ccc3ccccc3c2)cc1. The van der Waals surface area contributed by atoms with Crippen LogP contribution in [0.25, 0.3) is 99.1 Å². The zero-order valence-corrected chi connectivity index (χ0v) is 44.3. The summed E-state index contributed by atoms with van der Waals surface area (Å²) in [4.78, 5) is 2.56. The first kappa shape index (κ1) is 46.9. The average molecular weight is 1020 g/mol. The molecule has 0 saturated carbocycles. The molecule has 0 aromatic heterocycles. The molecular weight excluding hydrogens is 963 g/mol. The number of anilines is 2. The zero-order chi connectivity index (χ0) is 53.1. The fraction of sp³-hybridized carbons (Fsp3) is 0.0127. The third-order valence-corrected chi connectivity index (χ3v) is 16.4. The number of fused-ring (bicyclic) bond motifs is 6. The minimum atomic E-state index is 1.09. The zero-order valence-electron chi connectivity index (χ0n) is 44.3. The Morgan fingerprint density at radius 1 is 0.212 bits per heavy atom. The molecule has 0 atom stereocenters. The first-order valence-corrected chi connectivity index (χ1v) is 27.7. The first-order chi connectivity index (χ1) is 39.6. The van der Waals surface area contributed by atoms with Crippen molar-refractivity contribution in [3.63, 3.8) is 0 Å². The van der Waals surface area contributed by atoms with Crippen molar-refractivity contribution in [2.24, 2.45) is 0 Å². The molecule has 0 heterocycles. The molecule has 80 heavy (non-hydrogen) atoms. The van der Waals surface area contributed by atoms with Gasteiger partial charge in [0.25, 0.3) is 0 Å². The van der Waals surface area contributed by atoms with Gasteiger partial charge in [-0.1, -0.05) is 260 Å². The maximum absolute atomic E-state index is 2.56. The fourth-order valence-corrected chi connectivity index (χ4v) is 12.7. The topological polar surface area (TPSA) is 3.24 Å². The molecule has 0 bridgehead atoms. The largest absolute Gasteiger partial charge is 0.309 e. The normalized spacial score (nSPS) is 12.9. The standard InChI is InChI=1S/C79H53N/c1-52-39-43-64(44-40-52)80(65-45-41-54-23-14-15-31-60(54)49-65)79-76(58-29-12-5-13-30-58)75(63-35-18-33-59(47-63)53-21-6-2-7-22-53)77-73-50-70(56-24-8-3-9-25-56)71(51-72(73)74(78(77)79)57-27-10-4-11-28-57)62-42-46-67-61(48-62)34-20-38-69(67)68-37-19-32-55-26-16-17-36-66(55)68/h2-51H,1H3. The number of benzene rings is 13. The van der Waals surface area contributed by atoms with Crippen LogP contribution in [0.1, 0.15) is 33.4 Å². The van der Waals surface area contributed by atoms with E-state index in [-0.39, 0.29) is 0 Å². The van der Waals surface area contributed by atoms with Gasteiger partial charge in [-0.05, 0) is 166 Å². The van der Waals surface area contributed by atoms with E-state index in [9.17, 15) is 0 Å². The lowest BCUT2D eigenvalue weighted by Crippen LogP contribution is -2.19. The maximum atomic E-state index is 2.56. The predicted octanol–water partition coefficient (Wildman–Crippen LogP) is 21.1. The Balaban J connectivity index is 1.06. The molecule has 0 N–H and O–H groups in total. The first-order valence-electron chi connectivity index (χ1n) is 27.7. The molecule has 0 radical (unpaired) electrons. The second kappa shape index (κ2) is 19.6. The van der Waals surface area contributed by atoms with Gasteiger partial charge in [-0.2, -0.15) is 0 Å². The summed E-state index contributed by atoms with van der Waals surface area (Å²) in [5.41, 5.74) is 26.1. The van der Waals surface area contributed by atoms with Crippen LogP contribution in [0.2, 0.25) is 0 Å². The Morgan fingerprint density at radius 3 is 1.41 bits per heavy atom. The van der Waals surface area contributed by atoms with Gasteiger partial charge in [0.15, 0.2) is 0 Å². The molecule has 0 fully saturated rings. The van der Waals surface area contributed by atoms with Crippen LogP contribution in [-0.4, -0.2) is 0 Å². The van der Waals surface area contributed by atoms with E-state index in [1.807, 2.05) is 0 Å². The van der Waals surface area contributed by atoms with Crippen molar-refractivity contribution in [2.75, 3.05) is 4.90 Å². The van der Waals surface area contributed by atoms with Crippen LogP contribution < -0.4 is 4.90 Å². The molecule has 2 aliphatic rings. The van der Waals surface area contributed by atoms with Gasteiger partial charge in [-0.25, -0.2) is 0 Å². The van der Waals surface area contributed by atoms with E-state index in [1.54, 1.807) is 0 Å². The lowest BCUT2D eigenvalue weighted by molar-refractivity contribution is 1.20. The van der Waals surface area contributed by atoms with Crippen LogP contribution in [0.3, 0.4) is 0 Å². The van der Waals surface area contributed by atoms with Crippen molar-refractivity contribution in [1.29, 1.82) is 0 Å². The molecule has 2 aliphatic carbocycles. The van der Waals surface area contributed by atoms with Crippen LogP contribution in [-0.2, 0) is 0 Å². The monoisotopic (exact) mass is 1020 g/mol. The Morgan fingerprint density at radius 2 is 0.713 bits per heavy atom. The second-order valence-corrected chi connectivity index (χ2v) is 21.2. The predicted molar refractivity (Wildman–Crippen MR) is 340 cm³/mol. The van der Waals surface area contributed by atoms with Crippen LogP contribution in [0.4, 0.5) is 11.4 Å². The van der Waals surface area contributed by atoms with Crippen molar-refractivity contribution in [3.05, 3.63) is 348 Å². The minimum absolute atomic E-state index is 1.09. The second-order valence-electron chi connectivity index (χ2n) is 21.2. The van der Waals surface area contributed by atoms with Gasteiger partial charge in [0.1, 0.15) is 0 Å². The molecule has 0 spiro atoms. The molecule has 13 aromatic rings. The quantitative estimate of drug-likeness (QED) is 0.132. The average Bonchev–Trinajstić information content (AvgIpc) is 3.90. The molecule has 374 valence electrons. The Labute approximate surface area is 467 Å². The highest BCUT2D eigenvalue weighted by molar-refractivity contribution is 6.32. The van der Waals surface area contributed by atoms with E-state index in [0.717, 1.165) is 28.2 Å². The Bertz CT molecular complexity index is 4650. The van der Waals surface area contributed by atoms with E-state index in [1.165, 1.54) is 127 Å². The van der Waals surface area contributed by atoms with Crippen LogP contribution in [0.15, 0.2) is 315 Å². The van der Waals surface area contributed by atoms with Crippen LogP contribution >= 0.6 is 0 Å². The highest BCUT2D eigenvalue weighted by Gasteiger charge is 2.43. The number of hydrogen-bond donors (Lipinski definition) is 0. The summed E-state index contributed by atoms with van der Waals surface area (Å²) >= 11 is 0. The Kier molecular flexibility index (Phi) is 11.5. The van der Waals surface area contributed by atoms with Gasteiger partial charge in [0, 0.05) is 33.7 Å². The summed E-state index contributed by atoms with van der Waals surface area (Å²) in [6, 6.07) is 113. The van der Waals surface area contributed by atoms with Crippen LogP contribution in [0, 0.1) is 6.92 Å². The van der Waals surface area contributed by atoms with Crippen LogP contribution in [0.5, 0.6) is 0 Å². The van der Waals surface area contributed by atoms with Crippen molar-refractivity contribution in [1.82, 2.24) is 0 Å². The molecule has 0 unspecified atom stereocenters. The molecule has 1 nitrogen and oxygen atoms in total. The van der Waals surface area contributed by atoms with Crippen molar-refractivity contribution >= 4 is 66.0 Å². The lowest BCUT2D eigenvalue weighted by Gasteiger charge is -2.30. The fourth-order valence-electron chi connectivity index (χ4n) is 12.7. The minimum Gasteiger partial charge on any atom is -0.309 e. The molecule has 0 saturated heterocycles. The smallest absolute Gasteiger partial charge is 0.0631 e. The maximum Gasteiger partial charge on any atom is 0.0631 e. The summed E-state index contributed by atoms with van der Waals surface area (Å²) in [7, 11) is 0. The van der Waals surface area contributed by atoms with E-state index >= 15 is 0 Å². The highest BCUT2D eigenvalue weighted by Crippen LogP contribution is 2.62. The van der Waals surface area contributed by atoms with Gasteiger partial charge >= 0.3 is 0 Å². The van der Waals surface area contributed by atoms with E-state index in [0.29, 0.717) is 0 Å². The van der Waals surface area contributed by atoms with Gasteiger partial charge in [-0.15, -0.1) is 0 Å². The summed E-state index contributed by atoms with van der Waals surface area (Å²) in [5.74, 6) is 0. The van der Waals surface area contributed by atoms with Gasteiger partial charge in [0.05, 0.1) is 5.70 Å². The number of rotatable bonds is 10. The van der Waals surface area contributed by atoms with Crippen molar-refractivity contribution in [3.8, 4) is 44.5 Å². The number of nitrogens with zero attached hydrogens (tertiary/aromatic N) is 1. The van der Waals surface area contributed by atoms with Crippen molar-refractivity contribution in [2.45, 2.75) is 6.92 Å². The summed E-state index contributed by atoms with van der Waals surface area (Å²) in [6.45, 7) is 2.18. The van der Waals surface area contributed by atoms with E-state index < -0.39 is 0 Å². The third-order valence-electron chi connectivity index (χ3n) is 16.4. The van der Waals surface area contributed by atoms with Gasteiger partial charge in [0.2, 0.25) is 0 Å². The van der Waals surface area contributed by atoms with Crippen molar-refractivity contribution < 1.29 is 0 Å². The number of aryl methyl sites for hydroxylation is 1. The van der Waals surface area contributed by atoms with E-state index in [4.69, 9.17) is 0 Å². The molecule has 0 aliphatic heterocycles. The molecular formula is C79H53N. The van der Waals surface area contributed by atoms with Gasteiger partial charge < -0.3 is 4.90 Å². The third kappa shape index (κ3) is 8.02. The molecule has 15 rings (SSSR count). The number of allylic oxidation sites excluding steroid dienone is 3. The van der Waals surface area contributed by atoms with E-state index in [2.05, 4.69) is 315 Å². The summed E-state index contributed by atoms with van der Waals surface area (Å²) < 4.78 is 0. The summed E-state index contributed by atoms with van der Waals surface area (Å²) in [5, 5.41) is 7.34. The lowest BCUT2D eigenvalue weighted by atomic mass is 9.84. The number of hydrogen-bond acceptors (Lipinski definition) is 1. The highest BCUT2D eigenvalue weighted by atomic mass is 15.2. The molecule has 0 amide bonds. The molecule has 13 aromatic carbocycles. The summed E-state index contributed by atoms with van der Waals surface area (Å²) in [6.07, 6.45) is 0. The van der Waals surface area contributed by atoms with Gasteiger partial charge in [-0.3, -0.25) is 0 Å². The Hall–Kier alpha value is -10.3.